The molecule has 0 saturated carbocycles. The standard InChI is InChI=1S/C21H31N3O2/c1-21(2,20(26)24-15-7-4-8-16-24)19(25)22-17-9-11-18(12-10-17)23-13-5-3-6-14-23/h9-12H,3-8,13-16H2,1-2H3,(H,22,25). The maximum absolute atomic E-state index is 12.8. The first kappa shape index (κ1) is 18.7. The minimum Gasteiger partial charge on any atom is -0.372 e. The lowest BCUT2D eigenvalue weighted by Gasteiger charge is -2.33. The lowest BCUT2D eigenvalue weighted by molar-refractivity contribution is -0.147. The Labute approximate surface area is 156 Å². The summed E-state index contributed by atoms with van der Waals surface area (Å²) in [4.78, 5) is 29.7. The predicted octanol–water partition coefficient (Wildman–Crippen LogP) is 3.65. The second kappa shape index (κ2) is 8.11. The molecule has 0 aromatic heterocycles. The van der Waals surface area contributed by atoms with Gasteiger partial charge in [-0.15, -0.1) is 0 Å². The molecule has 0 spiro atoms. The topological polar surface area (TPSA) is 52.7 Å². The van der Waals surface area contributed by atoms with Crippen LogP contribution in [0.4, 0.5) is 11.4 Å². The third-order valence-electron chi connectivity index (χ3n) is 5.59. The Morgan fingerprint density at radius 1 is 0.846 bits per heavy atom. The number of hydrogen-bond acceptors (Lipinski definition) is 3. The van der Waals surface area contributed by atoms with Crippen molar-refractivity contribution in [3.05, 3.63) is 24.3 Å². The Morgan fingerprint density at radius 3 is 1.96 bits per heavy atom. The summed E-state index contributed by atoms with van der Waals surface area (Å²) in [5, 5.41) is 2.93. The van der Waals surface area contributed by atoms with Gasteiger partial charge in [0.1, 0.15) is 5.41 Å². The highest BCUT2D eigenvalue weighted by Gasteiger charge is 2.39. The van der Waals surface area contributed by atoms with Gasteiger partial charge < -0.3 is 15.1 Å². The van der Waals surface area contributed by atoms with Crippen molar-refractivity contribution in [3.8, 4) is 0 Å². The van der Waals surface area contributed by atoms with Crippen LogP contribution in [0.15, 0.2) is 24.3 Å². The highest BCUT2D eigenvalue weighted by atomic mass is 16.2. The number of anilines is 2. The van der Waals surface area contributed by atoms with Gasteiger partial charge in [0.15, 0.2) is 0 Å². The van der Waals surface area contributed by atoms with Crippen LogP contribution >= 0.6 is 0 Å². The van der Waals surface area contributed by atoms with Crippen molar-refractivity contribution < 1.29 is 9.59 Å². The molecular weight excluding hydrogens is 326 g/mol. The van der Waals surface area contributed by atoms with E-state index in [1.807, 2.05) is 17.0 Å². The van der Waals surface area contributed by atoms with E-state index in [2.05, 4.69) is 22.3 Å². The van der Waals surface area contributed by atoms with Crippen molar-refractivity contribution in [3.63, 3.8) is 0 Å². The molecule has 2 aliphatic rings. The first-order valence-corrected chi connectivity index (χ1v) is 9.94. The third-order valence-corrected chi connectivity index (χ3v) is 5.59. The maximum atomic E-state index is 12.8. The number of benzene rings is 1. The molecule has 2 fully saturated rings. The molecule has 0 aliphatic carbocycles. The van der Waals surface area contributed by atoms with E-state index in [1.54, 1.807) is 13.8 Å². The molecule has 1 aromatic rings. The molecule has 2 saturated heterocycles. The predicted molar refractivity (Wildman–Crippen MR) is 105 cm³/mol. The van der Waals surface area contributed by atoms with Crippen molar-refractivity contribution in [1.82, 2.24) is 4.90 Å². The average molecular weight is 357 g/mol. The number of carbonyl (C=O) groups is 2. The lowest BCUT2D eigenvalue weighted by atomic mass is 9.89. The average Bonchev–Trinajstić information content (AvgIpc) is 2.69. The number of amides is 2. The molecule has 5 nitrogen and oxygen atoms in total. The van der Waals surface area contributed by atoms with Crippen molar-refractivity contribution in [2.75, 3.05) is 36.4 Å². The zero-order chi connectivity index (χ0) is 18.6. The Balaban J connectivity index is 1.61. The van der Waals surface area contributed by atoms with Crippen molar-refractivity contribution in [2.45, 2.75) is 52.4 Å². The molecule has 1 aromatic carbocycles. The van der Waals surface area contributed by atoms with Crippen LogP contribution in [0.3, 0.4) is 0 Å². The number of carbonyl (C=O) groups excluding carboxylic acids is 2. The van der Waals surface area contributed by atoms with Gasteiger partial charge >= 0.3 is 0 Å². The van der Waals surface area contributed by atoms with Crippen molar-refractivity contribution in [2.24, 2.45) is 5.41 Å². The molecule has 2 heterocycles. The summed E-state index contributed by atoms with van der Waals surface area (Å²) in [6.07, 6.45) is 7.02. The van der Waals surface area contributed by atoms with Gasteiger partial charge in [0.05, 0.1) is 0 Å². The van der Waals surface area contributed by atoms with Gasteiger partial charge in [-0.3, -0.25) is 9.59 Å². The van der Waals surface area contributed by atoms with Gasteiger partial charge in [-0.05, 0) is 76.6 Å². The Morgan fingerprint density at radius 2 is 1.38 bits per heavy atom. The fourth-order valence-corrected chi connectivity index (χ4v) is 3.78. The van der Waals surface area contributed by atoms with E-state index < -0.39 is 5.41 Å². The molecule has 26 heavy (non-hydrogen) atoms. The fraction of sp³-hybridized carbons (Fsp3) is 0.619. The van der Waals surface area contributed by atoms with E-state index >= 15 is 0 Å². The number of likely N-dealkylation sites (tertiary alicyclic amines) is 1. The summed E-state index contributed by atoms with van der Waals surface area (Å²) in [5.41, 5.74) is 0.893. The van der Waals surface area contributed by atoms with E-state index in [4.69, 9.17) is 0 Å². The van der Waals surface area contributed by atoms with Crippen LogP contribution in [-0.2, 0) is 9.59 Å². The first-order valence-electron chi connectivity index (χ1n) is 9.94. The second-order valence-electron chi connectivity index (χ2n) is 8.03. The molecule has 2 amide bonds. The molecule has 0 radical (unpaired) electrons. The van der Waals surface area contributed by atoms with E-state index in [-0.39, 0.29) is 11.8 Å². The molecule has 0 bridgehead atoms. The summed E-state index contributed by atoms with van der Waals surface area (Å²) in [6.45, 7) is 7.18. The summed E-state index contributed by atoms with van der Waals surface area (Å²) in [5.74, 6) is -0.307. The SMILES string of the molecule is CC(C)(C(=O)Nc1ccc(N2CCCCC2)cc1)C(=O)N1CCCCC1. The molecule has 1 N–H and O–H groups in total. The lowest BCUT2D eigenvalue weighted by Crippen LogP contribution is -2.48. The zero-order valence-corrected chi connectivity index (χ0v) is 16.1. The summed E-state index contributed by atoms with van der Waals surface area (Å²) < 4.78 is 0. The monoisotopic (exact) mass is 357 g/mol. The molecule has 5 heteroatoms. The van der Waals surface area contributed by atoms with Gasteiger partial charge in [0.25, 0.3) is 0 Å². The van der Waals surface area contributed by atoms with Crippen LogP contribution < -0.4 is 10.2 Å². The van der Waals surface area contributed by atoms with Crippen LogP contribution in [0.25, 0.3) is 0 Å². The van der Waals surface area contributed by atoms with Crippen LogP contribution in [0.5, 0.6) is 0 Å². The van der Waals surface area contributed by atoms with Crippen molar-refractivity contribution >= 4 is 23.2 Å². The summed E-state index contributed by atoms with van der Waals surface area (Å²) in [6, 6.07) is 7.98. The molecular formula is C21H31N3O2. The number of nitrogens with one attached hydrogen (secondary N) is 1. The van der Waals surface area contributed by atoms with Gasteiger partial charge in [-0.25, -0.2) is 0 Å². The second-order valence-corrected chi connectivity index (χ2v) is 8.03. The summed E-state index contributed by atoms with van der Waals surface area (Å²) in [7, 11) is 0. The largest absolute Gasteiger partial charge is 0.372 e. The Hall–Kier alpha value is -2.04. The number of piperidine rings is 2. The minimum absolute atomic E-state index is 0.0698. The van der Waals surface area contributed by atoms with Crippen LogP contribution in [-0.4, -0.2) is 42.9 Å². The molecule has 142 valence electrons. The normalized spacial score (nSPS) is 18.5. The van der Waals surface area contributed by atoms with Gasteiger partial charge in [-0.2, -0.15) is 0 Å². The quantitative estimate of drug-likeness (QED) is 0.837. The Kier molecular flexibility index (Phi) is 5.84. The summed E-state index contributed by atoms with van der Waals surface area (Å²) >= 11 is 0. The minimum atomic E-state index is -1.05. The molecule has 0 unspecified atom stereocenters. The van der Waals surface area contributed by atoms with E-state index in [0.29, 0.717) is 0 Å². The molecule has 2 aliphatic heterocycles. The highest BCUT2D eigenvalue weighted by Crippen LogP contribution is 2.26. The van der Waals surface area contributed by atoms with Crippen LogP contribution in [0, 0.1) is 5.41 Å². The molecule has 3 rings (SSSR count). The van der Waals surface area contributed by atoms with Crippen LogP contribution in [0.1, 0.15) is 52.4 Å². The van der Waals surface area contributed by atoms with E-state index in [0.717, 1.165) is 44.7 Å². The van der Waals surface area contributed by atoms with Crippen LogP contribution in [0.2, 0.25) is 0 Å². The fourth-order valence-electron chi connectivity index (χ4n) is 3.78. The van der Waals surface area contributed by atoms with E-state index in [9.17, 15) is 9.59 Å². The van der Waals surface area contributed by atoms with E-state index in [1.165, 1.54) is 31.4 Å². The smallest absolute Gasteiger partial charge is 0.239 e. The Bertz CT molecular complexity index is 627. The third kappa shape index (κ3) is 4.19. The number of nitrogens with zero attached hydrogens (tertiary/aromatic N) is 2. The first-order chi connectivity index (χ1) is 12.5. The van der Waals surface area contributed by atoms with Gasteiger partial charge in [-0.1, -0.05) is 0 Å². The number of hydrogen-bond donors (Lipinski definition) is 1. The number of rotatable bonds is 4. The maximum Gasteiger partial charge on any atom is 0.239 e. The highest BCUT2D eigenvalue weighted by molar-refractivity contribution is 6.09. The molecule has 0 atom stereocenters. The zero-order valence-electron chi connectivity index (χ0n) is 16.1. The van der Waals surface area contributed by atoms with Gasteiger partial charge in [0.2, 0.25) is 11.8 Å². The van der Waals surface area contributed by atoms with Gasteiger partial charge in [0, 0.05) is 37.6 Å². The van der Waals surface area contributed by atoms with Crippen molar-refractivity contribution in [1.29, 1.82) is 0 Å².